The molecule has 20 heteroatoms. The Bertz CT molecular complexity index is 1840. The second-order valence-electron chi connectivity index (χ2n) is 13.3. The molecule has 11 nitrogen and oxygen atoms in total. The van der Waals surface area contributed by atoms with Crippen LogP contribution in [-0.4, -0.2) is 68.9 Å². The van der Waals surface area contributed by atoms with E-state index < -0.39 is 109 Å². The van der Waals surface area contributed by atoms with E-state index in [4.69, 9.17) is 15.2 Å². The van der Waals surface area contributed by atoms with Gasteiger partial charge in [-0.05, 0) is 74.2 Å². The number of aliphatic hydroxyl groups is 2. The minimum atomic E-state index is -5.19. The average molecular weight is 783 g/mol. The molecule has 1 unspecified atom stereocenters. The highest BCUT2D eigenvalue weighted by molar-refractivity contribution is 5.92. The van der Waals surface area contributed by atoms with Crippen molar-refractivity contribution < 1.29 is 73.9 Å². The quantitative estimate of drug-likeness (QED) is 0.158. The Balaban J connectivity index is 1.91. The van der Waals surface area contributed by atoms with Crippen molar-refractivity contribution in [3.63, 3.8) is 0 Å². The zero-order valence-electron chi connectivity index (χ0n) is 28.7. The molecule has 2 aromatic carbocycles. The van der Waals surface area contributed by atoms with E-state index in [1.165, 1.54) is 20.8 Å². The first-order valence-corrected chi connectivity index (χ1v) is 16.1. The van der Waals surface area contributed by atoms with Crippen molar-refractivity contribution in [1.29, 1.82) is 0 Å². The van der Waals surface area contributed by atoms with Crippen molar-refractivity contribution >= 4 is 17.7 Å². The van der Waals surface area contributed by atoms with Crippen LogP contribution in [-0.2, 0) is 34.5 Å². The van der Waals surface area contributed by atoms with E-state index in [0.717, 1.165) is 17.2 Å². The molecule has 1 aliphatic heterocycles. The number of amides is 1. The smallest absolute Gasteiger partial charge is 0.416 e. The van der Waals surface area contributed by atoms with Crippen LogP contribution in [0, 0.1) is 5.41 Å². The number of nitrogens with zero attached hydrogens (tertiary/aromatic N) is 3. The van der Waals surface area contributed by atoms with Crippen molar-refractivity contribution in [1.82, 2.24) is 9.97 Å². The van der Waals surface area contributed by atoms with E-state index in [1.54, 1.807) is 0 Å². The largest absolute Gasteiger partial charge is 0.487 e. The zero-order chi connectivity index (χ0) is 40.6. The van der Waals surface area contributed by atoms with E-state index in [2.05, 4.69) is 9.97 Å². The third kappa shape index (κ3) is 9.33. The van der Waals surface area contributed by atoms with Crippen molar-refractivity contribution in [2.75, 3.05) is 24.7 Å². The minimum Gasteiger partial charge on any atom is -0.487 e. The number of carbonyl (C=O) groups is 2. The van der Waals surface area contributed by atoms with Crippen molar-refractivity contribution in [2.24, 2.45) is 11.1 Å². The fraction of sp³-hybridized carbons (Fsp3) is 0.471. The summed E-state index contributed by atoms with van der Waals surface area (Å²) in [6.45, 7) is 2.01. The van der Waals surface area contributed by atoms with Gasteiger partial charge in [-0.25, -0.2) is 14.8 Å². The summed E-state index contributed by atoms with van der Waals surface area (Å²) < 4.78 is 135. The number of aliphatic hydroxyl groups excluding tert-OH is 2. The van der Waals surface area contributed by atoms with Crippen molar-refractivity contribution in [2.45, 2.75) is 76.2 Å². The second kappa shape index (κ2) is 15.2. The summed E-state index contributed by atoms with van der Waals surface area (Å²) >= 11 is 0. The molecule has 0 aliphatic carbocycles. The number of aromatic nitrogens is 2. The maximum absolute atomic E-state index is 14.0. The molecule has 1 aliphatic rings. The van der Waals surface area contributed by atoms with Crippen LogP contribution < -0.4 is 15.4 Å². The molecule has 2 heterocycles. The van der Waals surface area contributed by atoms with Gasteiger partial charge in [-0.3, -0.25) is 9.69 Å². The molecule has 0 radical (unpaired) electrons. The topological polar surface area (TPSA) is 168 Å². The van der Waals surface area contributed by atoms with E-state index in [9.17, 15) is 64.4 Å². The number of ether oxygens (including phenoxy) is 2. The Morgan fingerprint density at radius 2 is 1.57 bits per heavy atom. The van der Waals surface area contributed by atoms with Gasteiger partial charge >= 0.3 is 30.6 Å². The number of hydrogen-bond acceptors (Lipinski definition) is 9. The highest BCUT2D eigenvalue weighted by Crippen LogP contribution is 2.48. The summed E-state index contributed by atoms with van der Waals surface area (Å²) in [5, 5.41) is 28.5. The van der Waals surface area contributed by atoms with Gasteiger partial charge in [-0.1, -0.05) is 6.92 Å². The molecule has 54 heavy (non-hydrogen) atoms. The van der Waals surface area contributed by atoms with Gasteiger partial charge in [0.2, 0.25) is 0 Å². The lowest BCUT2D eigenvalue weighted by Gasteiger charge is -2.47. The Hall–Kier alpha value is -4.69. The first-order valence-electron chi connectivity index (χ1n) is 16.1. The number of rotatable bonds is 11. The molecule has 0 saturated heterocycles. The lowest BCUT2D eigenvalue weighted by Crippen LogP contribution is -2.62. The monoisotopic (exact) mass is 782 g/mol. The van der Waals surface area contributed by atoms with E-state index in [0.29, 0.717) is 24.3 Å². The second-order valence-corrected chi connectivity index (χ2v) is 13.3. The summed E-state index contributed by atoms with van der Waals surface area (Å²) in [6.07, 6.45) is -18.3. The van der Waals surface area contributed by atoms with Crippen LogP contribution >= 0.6 is 0 Å². The number of benzene rings is 2. The number of fused-ring (bicyclic) bond motifs is 1. The summed E-state index contributed by atoms with van der Waals surface area (Å²) in [6, 6.07) is 3.13. The summed E-state index contributed by atoms with van der Waals surface area (Å²) in [5.74, 6) is -3.27. The molecule has 5 N–H and O–H groups in total. The van der Waals surface area contributed by atoms with Gasteiger partial charge < -0.3 is 30.5 Å². The highest BCUT2D eigenvalue weighted by Gasteiger charge is 2.48. The normalized spacial score (nSPS) is 18.6. The maximum Gasteiger partial charge on any atom is 0.416 e. The van der Waals surface area contributed by atoms with Crippen LogP contribution in [0.2, 0.25) is 0 Å². The number of anilines is 1. The number of carboxylic acids is 1. The molecule has 0 fully saturated rings. The van der Waals surface area contributed by atoms with Gasteiger partial charge in [-0.15, -0.1) is 0 Å². The lowest BCUT2D eigenvalue weighted by atomic mass is 9.80. The van der Waals surface area contributed by atoms with Gasteiger partial charge in [0.1, 0.15) is 30.8 Å². The molecule has 0 bridgehead atoms. The van der Waals surface area contributed by atoms with Crippen LogP contribution in [0.25, 0.3) is 0 Å². The minimum absolute atomic E-state index is 0.0705. The molecule has 3 aromatic rings. The molecule has 0 spiro atoms. The average Bonchev–Trinajstić information content (AvgIpc) is 3.08. The fourth-order valence-electron chi connectivity index (χ4n) is 5.58. The van der Waals surface area contributed by atoms with E-state index >= 15 is 0 Å². The molecular weight excluding hydrogens is 747 g/mol. The number of alkyl halides is 9. The summed E-state index contributed by atoms with van der Waals surface area (Å²) in [7, 11) is 0. The standard InChI is InChI=1S/C34H35F9N4O7/c1-4-31(44)12-23(22-11-18(32(35,36)37)5-6-25(22)47(31)29(52)54-16-30(2,3)28(50)51)27-45-13-26(53-15-21(49)14-48)24(46-27)9-17-7-19(33(38,39)40)10-20(8-17)34(41,42)43/h5-8,10-11,13,21,23,48-49H,4,9,12,14-16,44H2,1-3H3,(H,50,51)/t21?,23-,31+/m0/s1. The zero-order valence-corrected chi connectivity index (χ0v) is 28.7. The van der Waals surface area contributed by atoms with Gasteiger partial charge in [-0.2, -0.15) is 39.5 Å². The number of nitrogens with two attached hydrogens (primary N) is 1. The first-order chi connectivity index (χ1) is 24.8. The van der Waals surface area contributed by atoms with Crippen LogP contribution in [0.5, 0.6) is 5.75 Å². The molecule has 0 saturated carbocycles. The van der Waals surface area contributed by atoms with Crippen molar-refractivity contribution in [3.8, 4) is 5.75 Å². The number of aliphatic carboxylic acids is 1. The van der Waals surface area contributed by atoms with Gasteiger partial charge in [0.25, 0.3) is 0 Å². The third-order valence-electron chi connectivity index (χ3n) is 8.73. The Morgan fingerprint density at radius 1 is 0.981 bits per heavy atom. The summed E-state index contributed by atoms with van der Waals surface area (Å²) in [4.78, 5) is 34.6. The number of carboxylic acid groups (broad SMARTS) is 1. The van der Waals surface area contributed by atoms with Crippen LogP contribution in [0.3, 0.4) is 0 Å². The SMILES string of the molecule is CC[C@]1(N)C[C@H](c2ncc(OCC(O)CO)c(Cc3cc(C(F)(F)F)cc(C(F)(F)F)c3)n2)c2cc(C(F)(F)F)ccc2N1C(=O)OCC(C)(C)C(=O)O. The number of hydrogen-bond donors (Lipinski definition) is 4. The van der Waals surface area contributed by atoms with Crippen LogP contribution in [0.15, 0.2) is 42.6 Å². The Kier molecular flexibility index (Phi) is 11.8. The maximum atomic E-state index is 14.0. The Morgan fingerprint density at radius 3 is 2.09 bits per heavy atom. The van der Waals surface area contributed by atoms with Gasteiger partial charge in [0.15, 0.2) is 5.75 Å². The first kappa shape index (κ1) is 42.1. The number of carbonyl (C=O) groups excluding carboxylic acids is 1. The van der Waals surface area contributed by atoms with E-state index in [1.807, 2.05) is 0 Å². The molecule has 1 aromatic heterocycles. The molecule has 1 amide bonds. The third-order valence-corrected chi connectivity index (χ3v) is 8.73. The molecule has 296 valence electrons. The Labute approximate surface area is 301 Å². The van der Waals surface area contributed by atoms with Crippen LogP contribution in [0.1, 0.15) is 78.9 Å². The highest BCUT2D eigenvalue weighted by atomic mass is 19.4. The predicted molar refractivity (Wildman–Crippen MR) is 170 cm³/mol. The van der Waals surface area contributed by atoms with Crippen molar-refractivity contribution in [3.05, 3.63) is 81.9 Å². The molecule has 3 atom stereocenters. The summed E-state index contributed by atoms with van der Waals surface area (Å²) in [5.41, 5.74) is -2.35. The molecular formula is C34H35F9N4O7. The van der Waals surface area contributed by atoms with Gasteiger partial charge in [0, 0.05) is 12.3 Å². The van der Waals surface area contributed by atoms with E-state index in [-0.39, 0.29) is 41.0 Å². The lowest BCUT2D eigenvalue weighted by molar-refractivity contribution is -0.149. The number of halogens is 9. The van der Waals surface area contributed by atoms with Crippen LogP contribution in [0.4, 0.5) is 50.0 Å². The fourth-order valence-corrected chi connectivity index (χ4v) is 5.58. The predicted octanol–water partition coefficient (Wildman–Crippen LogP) is 6.51. The van der Waals surface area contributed by atoms with Gasteiger partial charge in [0.05, 0.1) is 46.3 Å². The molecule has 4 rings (SSSR count).